The largest absolute Gasteiger partial charge is 0.334 e. The molecule has 1 aliphatic rings. The molecule has 1 aromatic heterocycles. The fourth-order valence-corrected chi connectivity index (χ4v) is 2.42. The van der Waals surface area contributed by atoms with Gasteiger partial charge in [-0.3, -0.25) is 4.79 Å². The lowest BCUT2D eigenvalue weighted by Crippen LogP contribution is -2.04. The second kappa shape index (κ2) is 3.56. The summed E-state index contributed by atoms with van der Waals surface area (Å²) < 4.78 is 2.07. The van der Waals surface area contributed by atoms with Crippen LogP contribution in [0.1, 0.15) is 53.6 Å². The van der Waals surface area contributed by atoms with Crippen LogP contribution in [0.3, 0.4) is 0 Å². The Labute approximate surface area is 84.1 Å². The van der Waals surface area contributed by atoms with E-state index in [4.69, 9.17) is 0 Å². The minimum atomic E-state index is 0.557. The van der Waals surface area contributed by atoms with Gasteiger partial charge in [0.05, 0.1) is 5.69 Å². The Balaban J connectivity index is 2.43. The number of aromatic nitrogens is 2. The molecule has 0 saturated heterocycles. The number of aldehydes is 1. The molecule has 0 radical (unpaired) electrons. The summed E-state index contributed by atoms with van der Waals surface area (Å²) in [6.07, 6.45) is 5.88. The van der Waals surface area contributed by atoms with Crippen LogP contribution in [0.4, 0.5) is 0 Å². The molecule has 0 aliphatic heterocycles. The average Bonchev–Trinajstić information content (AvgIpc) is 2.76. The summed E-state index contributed by atoms with van der Waals surface area (Å²) in [5.41, 5.74) is 1.80. The summed E-state index contributed by atoms with van der Waals surface area (Å²) in [5.74, 6) is 1.50. The van der Waals surface area contributed by atoms with E-state index in [-0.39, 0.29) is 0 Å². The van der Waals surface area contributed by atoms with E-state index in [1.165, 1.54) is 25.7 Å². The molecule has 0 amide bonds. The molecule has 1 fully saturated rings. The van der Waals surface area contributed by atoms with Crippen molar-refractivity contribution in [3.63, 3.8) is 0 Å². The molecule has 0 aromatic carbocycles. The summed E-state index contributed by atoms with van der Waals surface area (Å²) in [6.45, 7) is 1.95. The summed E-state index contributed by atoms with van der Waals surface area (Å²) in [5, 5.41) is 0. The minimum Gasteiger partial charge on any atom is -0.334 e. The summed E-state index contributed by atoms with van der Waals surface area (Å²) in [4.78, 5) is 15.1. The first kappa shape index (κ1) is 9.44. The lowest BCUT2D eigenvalue weighted by Gasteiger charge is -2.11. The summed E-state index contributed by atoms with van der Waals surface area (Å²) in [7, 11) is 2.00. The van der Waals surface area contributed by atoms with Crippen LogP contribution in [0.5, 0.6) is 0 Å². The SMILES string of the molecule is Cc1nc(C=O)c(C2CCCC2)n1C. The van der Waals surface area contributed by atoms with Crippen molar-refractivity contribution in [2.75, 3.05) is 0 Å². The topological polar surface area (TPSA) is 34.9 Å². The smallest absolute Gasteiger partial charge is 0.170 e. The van der Waals surface area contributed by atoms with Gasteiger partial charge in [-0.2, -0.15) is 0 Å². The van der Waals surface area contributed by atoms with Gasteiger partial charge in [-0.15, -0.1) is 0 Å². The Morgan fingerprint density at radius 1 is 1.43 bits per heavy atom. The highest BCUT2D eigenvalue weighted by Crippen LogP contribution is 2.35. The lowest BCUT2D eigenvalue weighted by atomic mass is 10.0. The van der Waals surface area contributed by atoms with E-state index in [1.807, 2.05) is 14.0 Å². The number of carbonyl (C=O) groups excluding carboxylic acids is 1. The summed E-state index contributed by atoms with van der Waals surface area (Å²) >= 11 is 0. The van der Waals surface area contributed by atoms with Crippen molar-refractivity contribution in [1.29, 1.82) is 0 Å². The second-order valence-electron chi connectivity index (χ2n) is 4.09. The van der Waals surface area contributed by atoms with Crippen molar-refractivity contribution in [3.8, 4) is 0 Å². The molecule has 0 spiro atoms. The van der Waals surface area contributed by atoms with Crippen LogP contribution in [0.15, 0.2) is 0 Å². The Kier molecular flexibility index (Phi) is 2.40. The quantitative estimate of drug-likeness (QED) is 0.673. The van der Waals surface area contributed by atoms with Gasteiger partial charge < -0.3 is 4.57 Å². The Morgan fingerprint density at radius 3 is 2.64 bits per heavy atom. The van der Waals surface area contributed by atoms with E-state index in [0.29, 0.717) is 11.6 Å². The third-order valence-corrected chi connectivity index (χ3v) is 3.24. The fourth-order valence-electron chi connectivity index (χ4n) is 2.42. The van der Waals surface area contributed by atoms with Crippen molar-refractivity contribution in [2.45, 2.75) is 38.5 Å². The third kappa shape index (κ3) is 1.37. The molecule has 0 N–H and O–H groups in total. The first-order valence-corrected chi connectivity index (χ1v) is 5.22. The van der Waals surface area contributed by atoms with E-state index in [2.05, 4.69) is 9.55 Å². The molecular formula is C11H16N2O. The van der Waals surface area contributed by atoms with Crippen LogP contribution in [0, 0.1) is 6.92 Å². The molecule has 14 heavy (non-hydrogen) atoms. The first-order valence-electron chi connectivity index (χ1n) is 5.22. The number of rotatable bonds is 2. The molecule has 3 heteroatoms. The van der Waals surface area contributed by atoms with Gasteiger partial charge in [-0.1, -0.05) is 12.8 Å². The average molecular weight is 192 g/mol. The number of hydrogen-bond acceptors (Lipinski definition) is 2. The predicted octanol–water partition coefficient (Wildman–Crippen LogP) is 2.20. The molecule has 1 aromatic rings. The summed E-state index contributed by atoms with van der Waals surface area (Å²) in [6, 6.07) is 0. The number of nitrogens with zero attached hydrogens (tertiary/aromatic N) is 2. The lowest BCUT2D eigenvalue weighted by molar-refractivity contribution is 0.111. The van der Waals surface area contributed by atoms with Gasteiger partial charge in [-0.05, 0) is 19.8 Å². The minimum absolute atomic E-state index is 0.557. The number of imidazole rings is 1. The van der Waals surface area contributed by atoms with Gasteiger partial charge in [0.2, 0.25) is 0 Å². The third-order valence-electron chi connectivity index (χ3n) is 3.24. The Hall–Kier alpha value is -1.12. The van der Waals surface area contributed by atoms with E-state index >= 15 is 0 Å². The number of carbonyl (C=O) groups is 1. The van der Waals surface area contributed by atoms with Crippen molar-refractivity contribution >= 4 is 6.29 Å². The molecule has 2 rings (SSSR count). The highest BCUT2D eigenvalue weighted by Gasteiger charge is 2.24. The molecule has 76 valence electrons. The Morgan fingerprint density at radius 2 is 2.07 bits per heavy atom. The molecular weight excluding hydrogens is 176 g/mol. The van der Waals surface area contributed by atoms with Crippen LogP contribution in [0.2, 0.25) is 0 Å². The van der Waals surface area contributed by atoms with Gasteiger partial charge in [-0.25, -0.2) is 4.98 Å². The zero-order chi connectivity index (χ0) is 10.1. The van der Waals surface area contributed by atoms with Gasteiger partial charge in [0.1, 0.15) is 11.5 Å². The molecule has 0 atom stereocenters. The van der Waals surface area contributed by atoms with Gasteiger partial charge in [0.15, 0.2) is 6.29 Å². The normalized spacial score (nSPS) is 17.6. The molecule has 0 bridgehead atoms. The van der Waals surface area contributed by atoms with Crippen LogP contribution in [-0.4, -0.2) is 15.8 Å². The van der Waals surface area contributed by atoms with Crippen molar-refractivity contribution in [1.82, 2.24) is 9.55 Å². The molecule has 0 unspecified atom stereocenters. The maximum Gasteiger partial charge on any atom is 0.170 e. The first-order chi connectivity index (χ1) is 6.74. The van der Waals surface area contributed by atoms with Crippen LogP contribution in [-0.2, 0) is 7.05 Å². The van der Waals surface area contributed by atoms with E-state index < -0.39 is 0 Å². The number of aryl methyl sites for hydroxylation is 1. The predicted molar refractivity (Wildman–Crippen MR) is 54.5 cm³/mol. The zero-order valence-corrected chi connectivity index (χ0v) is 8.79. The van der Waals surface area contributed by atoms with Crippen molar-refractivity contribution in [2.24, 2.45) is 7.05 Å². The van der Waals surface area contributed by atoms with Gasteiger partial charge >= 0.3 is 0 Å². The van der Waals surface area contributed by atoms with Crippen LogP contribution in [0.25, 0.3) is 0 Å². The van der Waals surface area contributed by atoms with Gasteiger partial charge in [0.25, 0.3) is 0 Å². The second-order valence-corrected chi connectivity index (χ2v) is 4.09. The van der Waals surface area contributed by atoms with Crippen LogP contribution >= 0.6 is 0 Å². The molecule has 1 aliphatic carbocycles. The highest BCUT2D eigenvalue weighted by molar-refractivity contribution is 5.74. The van der Waals surface area contributed by atoms with Crippen molar-refractivity contribution in [3.05, 3.63) is 17.2 Å². The molecule has 1 heterocycles. The zero-order valence-electron chi connectivity index (χ0n) is 8.79. The monoisotopic (exact) mass is 192 g/mol. The van der Waals surface area contributed by atoms with Gasteiger partial charge in [0, 0.05) is 13.0 Å². The standard InChI is InChI=1S/C11H16N2O/c1-8-12-10(7-14)11(13(8)2)9-5-3-4-6-9/h7,9H,3-6H2,1-2H3. The highest BCUT2D eigenvalue weighted by atomic mass is 16.1. The maximum absolute atomic E-state index is 10.9. The maximum atomic E-state index is 10.9. The van der Waals surface area contributed by atoms with E-state index in [9.17, 15) is 4.79 Å². The Bertz CT molecular complexity index is 348. The number of hydrogen-bond donors (Lipinski definition) is 0. The van der Waals surface area contributed by atoms with Crippen LogP contribution < -0.4 is 0 Å². The van der Waals surface area contributed by atoms with Crippen molar-refractivity contribution < 1.29 is 4.79 Å². The molecule has 3 nitrogen and oxygen atoms in total. The molecule has 1 saturated carbocycles. The fraction of sp³-hybridized carbons (Fsp3) is 0.636. The van der Waals surface area contributed by atoms with E-state index in [1.54, 1.807) is 0 Å². The van der Waals surface area contributed by atoms with E-state index in [0.717, 1.165) is 17.8 Å².